The van der Waals surface area contributed by atoms with Gasteiger partial charge in [0, 0.05) is 75.8 Å². The molecule has 9 aromatic rings. The van der Waals surface area contributed by atoms with Crippen LogP contribution in [0.5, 0.6) is 18.0 Å². The number of nitrogen functional groups attached to an aromatic ring is 3. The molecule has 1 amide bonds. The van der Waals surface area contributed by atoms with Gasteiger partial charge >= 0.3 is 18.0 Å². The van der Waals surface area contributed by atoms with E-state index in [0.29, 0.717) is 86.0 Å². The molecule has 6 aliphatic heterocycles. The normalized spacial score (nSPS) is 15.8. The lowest BCUT2D eigenvalue weighted by Gasteiger charge is -2.30. The lowest BCUT2D eigenvalue weighted by molar-refractivity contribution is -0.136. The number of carbonyl (C=O) groups is 4. The van der Waals surface area contributed by atoms with Crippen LogP contribution >= 0.6 is 0 Å². The van der Waals surface area contributed by atoms with Crippen LogP contribution in [0.3, 0.4) is 0 Å². The Morgan fingerprint density at radius 3 is 1.11 bits per heavy atom. The number of nitrogens with two attached hydrogens (primary N) is 3. The summed E-state index contributed by atoms with van der Waals surface area (Å²) in [7, 11) is 1.61. The third-order valence-electron chi connectivity index (χ3n) is 20.7. The fourth-order valence-electron chi connectivity index (χ4n) is 14.8. The molecule has 0 aliphatic carbocycles. The number of benzene rings is 6. The Balaban J connectivity index is 0.000000144. The van der Waals surface area contributed by atoms with Gasteiger partial charge in [0.05, 0.1) is 39.5 Å². The molecule has 109 heavy (non-hydrogen) atoms. The predicted octanol–water partition coefficient (Wildman–Crippen LogP) is 12.3. The molecule has 3 aromatic heterocycles. The van der Waals surface area contributed by atoms with E-state index in [2.05, 4.69) is 192 Å². The topological polar surface area (TPSA) is 280 Å². The minimum absolute atomic E-state index is 0.0940. The lowest BCUT2D eigenvalue weighted by Crippen LogP contribution is -2.42. The number of nitrogens with zero attached hydrogens (tertiary/aromatic N) is 12. The van der Waals surface area contributed by atoms with Crippen molar-refractivity contribution < 1.29 is 38.1 Å². The van der Waals surface area contributed by atoms with Crippen LogP contribution < -0.4 is 46.1 Å². The van der Waals surface area contributed by atoms with Crippen LogP contribution in [0, 0.1) is 0 Å². The number of methoxy groups -OCH3 is 1. The quantitative estimate of drug-likeness (QED) is 0.0319. The Labute approximate surface area is 639 Å². The molecule has 23 nitrogen and oxygen atoms in total. The van der Waals surface area contributed by atoms with Gasteiger partial charge in [-0.15, -0.1) is 0 Å². The molecule has 9 heterocycles. The summed E-state index contributed by atoms with van der Waals surface area (Å²) in [4.78, 5) is 89.5. The SMILES string of the molecule is CCCCOc1nc(N)c2c(n1)N(Cc1ccc(-c3cccc(CN4CCCC4)c3)cc1)C(=O)C(=O)C2.CCCCOc1nc(N)c2c(n1)N(Cc1ccc(-c3cccc(CN4CCCC4)c3)cc1)CC(=O)C2.COCCOc1nc(N)c2c(n1)N(Cc1ccc(-c3ccc(CN4CCCC4)cc3)cc1)CC(=O)C2. The Bertz CT molecular complexity index is 4600. The summed E-state index contributed by atoms with van der Waals surface area (Å²) < 4.78 is 22.0. The molecular formula is C86H101N15O8. The van der Waals surface area contributed by atoms with E-state index >= 15 is 0 Å². The molecule has 6 aliphatic rings. The maximum atomic E-state index is 12.9. The van der Waals surface area contributed by atoms with Gasteiger partial charge in [-0.2, -0.15) is 29.9 Å². The maximum Gasteiger partial charge on any atom is 0.320 e. The molecule has 0 bridgehead atoms. The monoisotopic (exact) mass is 1470 g/mol. The standard InChI is InChI=1S/C29H33N5O3.C29H35N5O2.C28H33N5O3/c1-2-3-15-37-29-31-26(30)24-17-25(35)28(36)34(27(24)32-29)19-20-9-11-22(12-10-20)23-8-6-7-21(16-23)18-33-13-4-5-14-33;1-2-3-15-36-29-31-27(30)26-17-25(35)20-34(28(26)32-29)19-21-9-11-23(12-10-21)24-8-6-7-22(16-24)18-33-13-4-5-14-33;1-35-14-15-36-28-30-26(29)25-16-24(34)19-33(27(25)31-28)18-21-6-10-23(11-7-21)22-8-4-20(5-9-22)17-32-12-2-3-13-32/h6-12,16H,2-5,13-15,17-19H2,1H3,(H2,30,31,32);6-12,16H,2-5,13-15,17-20H2,1H3,(H2,30,31,32);4-11H,2-3,12-19H2,1H3,(H2,29,30,31). The third kappa shape index (κ3) is 20.2. The highest BCUT2D eigenvalue weighted by atomic mass is 16.5. The minimum Gasteiger partial charge on any atom is -0.463 e. The number of ketones is 3. The van der Waals surface area contributed by atoms with Crippen molar-refractivity contribution in [2.45, 2.75) is 137 Å². The average molecular weight is 1470 g/mol. The molecule has 0 radical (unpaired) electrons. The maximum absolute atomic E-state index is 12.9. The van der Waals surface area contributed by atoms with Crippen LogP contribution in [0.15, 0.2) is 146 Å². The van der Waals surface area contributed by atoms with E-state index in [4.69, 9.17) is 36.1 Å². The molecule has 0 spiro atoms. The Morgan fingerprint density at radius 2 is 0.716 bits per heavy atom. The summed E-state index contributed by atoms with van der Waals surface area (Å²) in [6, 6.07) is 52.1. The summed E-state index contributed by atoms with van der Waals surface area (Å²) in [6.45, 7) is 18.0. The Hall–Kier alpha value is -10.7. The second-order valence-electron chi connectivity index (χ2n) is 29.1. The highest BCUT2D eigenvalue weighted by molar-refractivity contribution is 6.43. The van der Waals surface area contributed by atoms with Gasteiger partial charge in [-0.1, -0.05) is 160 Å². The molecule has 3 saturated heterocycles. The van der Waals surface area contributed by atoms with Gasteiger partial charge < -0.3 is 45.9 Å². The first-order valence-electron chi connectivity index (χ1n) is 38.7. The number of amides is 1. The van der Waals surface area contributed by atoms with E-state index in [0.717, 1.165) is 73.1 Å². The largest absolute Gasteiger partial charge is 0.463 e. The van der Waals surface area contributed by atoms with E-state index in [9.17, 15) is 19.2 Å². The smallest absolute Gasteiger partial charge is 0.320 e. The summed E-state index contributed by atoms with van der Waals surface area (Å²) in [5.74, 6) is 1.59. The van der Waals surface area contributed by atoms with Gasteiger partial charge in [0.25, 0.3) is 5.91 Å². The van der Waals surface area contributed by atoms with Crippen molar-refractivity contribution in [2.75, 3.05) is 118 Å². The fourth-order valence-corrected chi connectivity index (χ4v) is 14.8. The van der Waals surface area contributed by atoms with Crippen molar-refractivity contribution in [3.63, 3.8) is 0 Å². The zero-order valence-electron chi connectivity index (χ0n) is 63.1. The predicted molar refractivity (Wildman–Crippen MR) is 426 cm³/mol. The average Bonchev–Trinajstić information content (AvgIpc) is 1.04. The number of ether oxygens (including phenoxy) is 4. The van der Waals surface area contributed by atoms with Crippen LogP contribution in [0.4, 0.5) is 34.9 Å². The van der Waals surface area contributed by atoms with Gasteiger partial charge in [0.1, 0.15) is 41.5 Å². The van der Waals surface area contributed by atoms with E-state index in [1.54, 1.807) is 7.11 Å². The summed E-state index contributed by atoms with van der Waals surface area (Å²) in [5.41, 5.74) is 34.5. The van der Waals surface area contributed by atoms with Crippen molar-refractivity contribution in [3.8, 4) is 51.4 Å². The van der Waals surface area contributed by atoms with Crippen molar-refractivity contribution in [1.82, 2.24) is 44.6 Å². The van der Waals surface area contributed by atoms with Gasteiger partial charge in [-0.3, -0.25) is 38.8 Å². The van der Waals surface area contributed by atoms with E-state index in [1.807, 2.05) is 21.9 Å². The van der Waals surface area contributed by atoms with Crippen molar-refractivity contribution in [2.24, 2.45) is 0 Å². The number of hydrogen-bond acceptors (Lipinski definition) is 22. The molecule has 0 saturated carbocycles. The second kappa shape index (κ2) is 36.9. The number of unbranched alkanes of at least 4 members (excludes halogenated alkanes) is 2. The number of carbonyl (C=O) groups excluding carboxylic acids is 4. The van der Waals surface area contributed by atoms with Gasteiger partial charge in [-0.25, -0.2) is 0 Å². The number of fused-ring (bicyclic) bond motifs is 3. The van der Waals surface area contributed by atoms with Crippen LogP contribution in [0.25, 0.3) is 33.4 Å². The fraction of sp³-hybridized carbons (Fsp3) is 0.395. The zero-order valence-corrected chi connectivity index (χ0v) is 63.1. The molecule has 6 aromatic carbocycles. The van der Waals surface area contributed by atoms with E-state index in [1.165, 1.54) is 122 Å². The minimum atomic E-state index is -0.594. The third-order valence-corrected chi connectivity index (χ3v) is 20.7. The van der Waals surface area contributed by atoms with E-state index in [-0.39, 0.29) is 73.6 Å². The van der Waals surface area contributed by atoms with Gasteiger partial charge in [-0.05, 0) is 170 Å². The van der Waals surface area contributed by atoms with Gasteiger partial charge in [0.15, 0.2) is 11.6 Å². The van der Waals surface area contributed by atoms with Gasteiger partial charge in [0.2, 0.25) is 5.78 Å². The molecule has 0 atom stereocenters. The molecule has 3 fully saturated rings. The number of hydrogen-bond donors (Lipinski definition) is 3. The highest BCUT2D eigenvalue weighted by Gasteiger charge is 2.36. The number of aromatic nitrogens is 6. The molecule has 6 N–H and O–H groups in total. The van der Waals surface area contributed by atoms with Crippen molar-refractivity contribution >= 4 is 58.2 Å². The Kier molecular flexibility index (Phi) is 25.9. The first-order valence-corrected chi connectivity index (χ1v) is 38.7. The highest BCUT2D eigenvalue weighted by Crippen LogP contribution is 2.36. The molecular weight excluding hydrogens is 1370 g/mol. The number of anilines is 6. The number of rotatable bonds is 27. The molecule has 23 heteroatoms. The molecule has 568 valence electrons. The first-order chi connectivity index (χ1) is 53.2. The summed E-state index contributed by atoms with van der Waals surface area (Å²) in [6.07, 6.45) is 12.0. The number of likely N-dealkylation sites (tertiary alicyclic amines) is 3. The van der Waals surface area contributed by atoms with Crippen LogP contribution in [0.2, 0.25) is 0 Å². The number of Topliss-reactive ketones (excluding diaryl/α,β-unsaturated/α-hetero) is 3. The second-order valence-corrected chi connectivity index (χ2v) is 29.1. The van der Waals surface area contributed by atoms with Crippen LogP contribution in [-0.2, 0) is 82.4 Å². The zero-order chi connectivity index (χ0) is 75.6. The first kappa shape index (κ1) is 76.5. The van der Waals surface area contributed by atoms with Crippen LogP contribution in [-0.4, -0.2) is 154 Å². The summed E-state index contributed by atoms with van der Waals surface area (Å²) in [5, 5.41) is 0. The summed E-state index contributed by atoms with van der Waals surface area (Å²) >= 11 is 0. The van der Waals surface area contributed by atoms with Crippen molar-refractivity contribution in [3.05, 3.63) is 196 Å². The van der Waals surface area contributed by atoms with Crippen LogP contribution in [0.1, 0.15) is 128 Å². The lowest BCUT2D eigenvalue weighted by atomic mass is 10.0. The molecule has 15 rings (SSSR count). The molecule has 0 unspecified atom stereocenters. The van der Waals surface area contributed by atoms with Crippen molar-refractivity contribution in [1.29, 1.82) is 0 Å². The Morgan fingerprint density at radius 1 is 0.367 bits per heavy atom. The van der Waals surface area contributed by atoms with E-state index < -0.39 is 11.7 Å².